The lowest BCUT2D eigenvalue weighted by Gasteiger charge is -2.44. The van der Waals surface area contributed by atoms with Gasteiger partial charge in [-0.05, 0) is 60.3 Å². The number of hydrogen-bond acceptors (Lipinski definition) is 6. The van der Waals surface area contributed by atoms with Crippen LogP contribution in [0.4, 0.5) is 0 Å². The summed E-state index contributed by atoms with van der Waals surface area (Å²) in [6.07, 6.45) is -0.739. The van der Waals surface area contributed by atoms with Gasteiger partial charge in [-0.2, -0.15) is 0 Å². The second kappa shape index (κ2) is 11.4. The Balaban J connectivity index is 2.81. The Kier molecular flexibility index (Phi) is 9.05. The zero-order valence-corrected chi connectivity index (χ0v) is 30.5. The van der Waals surface area contributed by atoms with Gasteiger partial charge in [0.15, 0.2) is 36.9 Å². The lowest BCUT2D eigenvalue weighted by atomic mass is 10.1. The van der Waals surface area contributed by atoms with E-state index in [0.717, 1.165) is 0 Å². The number of carbonyl (C=O) groups excluding carboxylic acids is 1. The average molecular weight is 614 g/mol. The summed E-state index contributed by atoms with van der Waals surface area (Å²) >= 11 is 0. The first-order valence-corrected chi connectivity index (χ1v) is 22.9. The second-order valence-electron chi connectivity index (χ2n) is 15.6. The van der Waals surface area contributed by atoms with Gasteiger partial charge in [0.05, 0.1) is 12.9 Å². The van der Waals surface area contributed by atoms with Crippen molar-refractivity contribution < 1.29 is 25.6 Å². The van der Waals surface area contributed by atoms with Crippen LogP contribution < -0.4 is 5.73 Å². The van der Waals surface area contributed by atoms with E-state index in [1.165, 1.54) is 4.57 Å². The van der Waals surface area contributed by atoms with Crippen LogP contribution in [0.15, 0.2) is 6.30 Å². The molecule has 2 rings (SSSR count). The molecule has 1 aromatic rings. The molecule has 2 heterocycles. The fourth-order valence-electron chi connectivity index (χ4n) is 3.66. The summed E-state index contributed by atoms with van der Waals surface area (Å²) in [5, 5.41) is -0.229. The van der Waals surface area contributed by atoms with Crippen molar-refractivity contribution >= 4 is 30.9 Å². The number of hydrogen-bond donors (Lipinski definition) is 1. The van der Waals surface area contributed by atoms with Gasteiger partial charge in [0.2, 0.25) is 0 Å². The minimum atomic E-state index is -2.43. The number of nitrogens with two attached hydrogens (primary N) is 1. The minimum absolute atomic E-state index is 0.0101. The number of nitrogens with zero attached hydrogens (tertiary/aromatic N) is 2. The number of ether oxygens (including phenoxy) is 1. The van der Waals surface area contributed by atoms with Gasteiger partial charge in [0.25, 0.3) is 5.91 Å². The van der Waals surface area contributed by atoms with Crippen LogP contribution in [-0.2, 0) is 18.0 Å². The molecule has 0 radical (unpaired) electrons. The minimum Gasteiger partial charge on any atom is -0.414 e. The predicted molar refractivity (Wildman–Crippen MR) is 170 cm³/mol. The molecule has 4 atom stereocenters. The third kappa shape index (κ3) is 7.20. The van der Waals surface area contributed by atoms with Crippen LogP contribution in [0.1, 0.15) is 87.5 Å². The molecule has 0 aromatic carbocycles. The lowest BCUT2D eigenvalue weighted by Crippen LogP contribution is -2.54. The molecule has 0 unspecified atom stereocenters. The van der Waals surface area contributed by atoms with Gasteiger partial charge in [0, 0.05) is 0 Å². The summed E-state index contributed by atoms with van der Waals surface area (Å²) in [5.41, 5.74) is 5.51. The Hall–Kier alpha value is -1.27. The van der Waals surface area contributed by atoms with Crippen molar-refractivity contribution in [1.82, 2.24) is 9.55 Å². The molecular weight excluding hydrogens is 555 g/mol. The van der Waals surface area contributed by atoms with Gasteiger partial charge in [-0.25, -0.2) is 4.98 Å². The third-order valence-electron chi connectivity index (χ3n) is 9.51. The monoisotopic (exact) mass is 613 g/mol. The molecule has 2 N–H and O–H groups in total. The summed E-state index contributed by atoms with van der Waals surface area (Å²) < 4.78 is 45.5. The van der Waals surface area contributed by atoms with Crippen molar-refractivity contribution in [3.63, 3.8) is 0 Å². The van der Waals surface area contributed by atoms with E-state index in [2.05, 4.69) is 119 Å². The van der Waals surface area contributed by atoms with Crippen LogP contribution in [-0.4, -0.2) is 65.3 Å². The van der Waals surface area contributed by atoms with Crippen molar-refractivity contribution in [2.45, 2.75) is 141 Å². The highest BCUT2D eigenvalue weighted by Crippen LogP contribution is 2.46. The van der Waals surface area contributed by atoms with Gasteiger partial charge < -0.3 is 23.7 Å². The van der Waals surface area contributed by atoms with Crippen molar-refractivity contribution in [3.8, 4) is 12.3 Å². The second-order valence-corrected chi connectivity index (χ2v) is 29.9. The zero-order valence-electron chi connectivity index (χ0n) is 29.5. The Morgan fingerprint density at radius 2 is 1.48 bits per heavy atom. The van der Waals surface area contributed by atoms with E-state index in [9.17, 15) is 4.79 Å². The maximum atomic E-state index is 12.3. The van der Waals surface area contributed by atoms with Gasteiger partial charge in [0.1, 0.15) is 26.7 Å². The smallest absolute Gasteiger partial charge is 0.270 e. The summed E-state index contributed by atoms with van der Waals surface area (Å²) in [7, 11) is -6.96. The van der Waals surface area contributed by atoms with Gasteiger partial charge in [-0.3, -0.25) is 9.36 Å². The maximum absolute atomic E-state index is 12.3. The Morgan fingerprint density at radius 1 is 1.00 bits per heavy atom. The molecule has 0 bridgehead atoms. The predicted octanol–water partition coefficient (Wildman–Crippen LogP) is 6.66. The van der Waals surface area contributed by atoms with E-state index in [1.54, 1.807) is 0 Å². The number of amides is 1. The Labute approximate surface area is 249 Å². The van der Waals surface area contributed by atoms with Crippen LogP contribution in [0.5, 0.6) is 0 Å². The normalized spacial score (nSPS) is 23.9. The van der Waals surface area contributed by atoms with Crippen LogP contribution in [0, 0.1) is 12.3 Å². The van der Waals surface area contributed by atoms with Crippen LogP contribution >= 0.6 is 0 Å². The highest BCUT2D eigenvalue weighted by molar-refractivity contribution is 6.75. The lowest BCUT2D eigenvalue weighted by molar-refractivity contribution is -0.0491. The molecule has 11 heteroatoms. The standard InChI is InChI=1S/C29H55N3O5Si3/c1-17-20-22(25(30)33)31-19-32(20)26-24(37-40(15,16)29(8,9)10)23(36-39(13,14)28(5,6)7)21(35-26)18-34-38(11,12)27(2,3)4/h1,19,21,23-24,26H,18H2,2-16H3,(H2,30,33)/t21-,23-,24-,26-/m1/s1/i1T,19T. The fourth-order valence-corrected chi connectivity index (χ4v) is 7.27. The van der Waals surface area contributed by atoms with Crippen molar-refractivity contribution in [2.75, 3.05) is 6.61 Å². The molecule has 8 nitrogen and oxygen atoms in total. The van der Waals surface area contributed by atoms with Gasteiger partial charge in [-0.15, -0.1) is 6.40 Å². The van der Waals surface area contributed by atoms with E-state index in [4.69, 9.17) is 26.5 Å². The molecular formula is C29H55N3O5Si3. The first-order chi connectivity index (χ1) is 18.7. The third-order valence-corrected chi connectivity index (χ3v) is 23.0. The van der Waals surface area contributed by atoms with Crippen molar-refractivity contribution in [1.29, 1.82) is 0 Å². The first kappa shape index (κ1) is 31.7. The zero-order chi connectivity index (χ0) is 32.9. The molecule has 0 aliphatic carbocycles. The number of primary amides is 1. The molecule has 228 valence electrons. The fraction of sp³-hybridized carbons (Fsp3) is 0.793. The molecule has 1 saturated heterocycles. The Bertz CT molecular complexity index is 1200. The number of terminal acetylenes is 1. The summed E-state index contributed by atoms with van der Waals surface area (Å²) in [4.78, 5) is 16.4. The van der Waals surface area contributed by atoms with Crippen LogP contribution in [0.3, 0.4) is 0 Å². The average Bonchev–Trinajstić information content (AvgIpc) is 3.26. The quantitative estimate of drug-likeness (QED) is 0.247. The van der Waals surface area contributed by atoms with E-state index < -0.39 is 55.4 Å². The summed E-state index contributed by atoms with van der Waals surface area (Å²) in [5.74, 6) is 1.80. The van der Waals surface area contributed by atoms with Gasteiger partial charge in [-0.1, -0.05) is 62.3 Å². The first-order valence-electron chi connectivity index (χ1n) is 15.1. The van der Waals surface area contributed by atoms with Crippen LogP contribution in [0.25, 0.3) is 0 Å². The Morgan fingerprint density at radius 3 is 1.90 bits per heavy atom. The van der Waals surface area contributed by atoms with Crippen molar-refractivity contribution in [3.05, 3.63) is 17.7 Å². The highest BCUT2D eigenvalue weighted by atomic mass is 28.4. The largest absolute Gasteiger partial charge is 0.414 e. The molecule has 1 aliphatic rings. The van der Waals surface area contributed by atoms with Gasteiger partial charge >= 0.3 is 0 Å². The van der Waals surface area contributed by atoms with E-state index in [1.807, 2.05) is 0 Å². The molecule has 0 saturated carbocycles. The van der Waals surface area contributed by atoms with Crippen molar-refractivity contribution in [2.24, 2.45) is 5.73 Å². The molecule has 0 spiro atoms. The highest BCUT2D eigenvalue weighted by Gasteiger charge is 2.55. The molecule has 1 aliphatic heterocycles. The maximum Gasteiger partial charge on any atom is 0.270 e. The number of rotatable bonds is 9. The van der Waals surface area contributed by atoms with E-state index in [0.29, 0.717) is 0 Å². The number of carbonyl (C=O) groups is 1. The SMILES string of the molecule is [3H]C#Cc1c(C(N)=O)nc([3H])n1[C@@H]1O[C@H](CO[Si](C)(C)C(C)(C)C)[C@@H](O[Si](C)(C)C(C)(C)C)[C@H]1O[Si](C)(C)C(C)(C)C. The molecule has 40 heavy (non-hydrogen) atoms. The molecule has 1 aromatic heterocycles. The number of imidazole rings is 1. The molecule has 1 amide bonds. The van der Waals surface area contributed by atoms with Crippen LogP contribution in [0.2, 0.25) is 54.4 Å². The number of aromatic nitrogens is 2. The van der Waals surface area contributed by atoms with E-state index in [-0.39, 0.29) is 39.4 Å². The topological polar surface area (TPSA) is 97.8 Å². The van der Waals surface area contributed by atoms with E-state index >= 15 is 0 Å². The molecule has 1 fully saturated rings. The summed E-state index contributed by atoms with van der Waals surface area (Å²) in [6.45, 7) is 33.1. The summed E-state index contributed by atoms with van der Waals surface area (Å²) in [6, 6.07) is 0.